The minimum atomic E-state index is -3.51. The molecular formula is C13H28N2O4S. The molecule has 20 heavy (non-hydrogen) atoms. The molecule has 0 amide bonds. The molecule has 6 nitrogen and oxygen atoms in total. The van der Waals surface area contributed by atoms with Gasteiger partial charge >= 0.3 is 5.97 Å². The van der Waals surface area contributed by atoms with Crippen molar-refractivity contribution in [3.05, 3.63) is 0 Å². The van der Waals surface area contributed by atoms with Crippen LogP contribution in [-0.2, 0) is 15.0 Å². The molecule has 0 bridgehead atoms. The van der Waals surface area contributed by atoms with Crippen LogP contribution in [0.25, 0.3) is 0 Å². The van der Waals surface area contributed by atoms with Crippen molar-refractivity contribution in [2.75, 3.05) is 20.1 Å². The summed E-state index contributed by atoms with van der Waals surface area (Å²) in [6.07, 6.45) is 2.41. The van der Waals surface area contributed by atoms with Gasteiger partial charge < -0.3 is 5.11 Å². The second kappa shape index (κ2) is 9.31. The van der Waals surface area contributed by atoms with Crippen molar-refractivity contribution in [1.82, 2.24) is 9.03 Å². The summed E-state index contributed by atoms with van der Waals surface area (Å²) in [5.41, 5.74) is 0. The highest BCUT2D eigenvalue weighted by molar-refractivity contribution is 7.87. The minimum absolute atomic E-state index is 0.0145. The fraction of sp³-hybridized carbons (Fsp3) is 0.923. The minimum Gasteiger partial charge on any atom is -0.481 e. The lowest BCUT2D eigenvalue weighted by atomic mass is 9.94. The topological polar surface area (TPSA) is 86.7 Å². The van der Waals surface area contributed by atoms with Crippen LogP contribution < -0.4 is 4.72 Å². The van der Waals surface area contributed by atoms with Gasteiger partial charge in [-0.1, -0.05) is 27.2 Å². The van der Waals surface area contributed by atoms with Gasteiger partial charge in [-0.2, -0.15) is 12.7 Å². The molecule has 0 aliphatic heterocycles. The number of carbonyl (C=O) groups is 1. The zero-order valence-corrected chi connectivity index (χ0v) is 13.7. The average Bonchev–Trinajstić information content (AvgIpc) is 2.31. The molecule has 0 aromatic heterocycles. The molecular weight excluding hydrogens is 280 g/mol. The number of nitrogens with one attached hydrogen (secondary N) is 1. The van der Waals surface area contributed by atoms with Crippen molar-refractivity contribution in [3.63, 3.8) is 0 Å². The molecule has 0 aliphatic rings. The maximum absolute atomic E-state index is 12.0. The van der Waals surface area contributed by atoms with E-state index < -0.39 is 16.2 Å². The summed E-state index contributed by atoms with van der Waals surface area (Å²) >= 11 is 0. The van der Waals surface area contributed by atoms with Crippen molar-refractivity contribution in [3.8, 4) is 0 Å². The van der Waals surface area contributed by atoms with E-state index in [1.165, 1.54) is 11.4 Å². The Labute approximate surface area is 122 Å². The Balaban J connectivity index is 4.47. The smallest absolute Gasteiger partial charge is 0.303 e. The predicted octanol–water partition coefficient (Wildman–Crippen LogP) is 1.69. The third-order valence-electron chi connectivity index (χ3n) is 3.06. The Hall–Kier alpha value is -0.660. The van der Waals surface area contributed by atoms with Gasteiger partial charge in [0.05, 0.1) is 0 Å². The second-order valence-corrected chi connectivity index (χ2v) is 7.48. The van der Waals surface area contributed by atoms with Crippen LogP contribution in [0.1, 0.15) is 46.5 Å². The molecule has 7 heteroatoms. The highest BCUT2D eigenvalue weighted by Crippen LogP contribution is 2.15. The van der Waals surface area contributed by atoms with Gasteiger partial charge in [0.1, 0.15) is 0 Å². The van der Waals surface area contributed by atoms with Crippen LogP contribution in [0.5, 0.6) is 0 Å². The van der Waals surface area contributed by atoms with Crippen LogP contribution in [0.4, 0.5) is 0 Å². The summed E-state index contributed by atoms with van der Waals surface area (Å²) in [5, 5.41) is 8.86. The van der Waals surface area contributed by atoms with Crippen molar-refractivity contribution in [2.45, 2.75) is 46.5 Å². The van der Waals surface area contributed by atoms with Crippen LogP contribution >= 0.6 is 0 Å². The molecule has 2 N–H and O–H groups in total. The monoisotopic (exact) mass is 308 g/mol. The van der Waals surface area contributed by atoms with Gasteiger partial charge in [0.25, 0.3) is 10.2 Å². The van der Waals surface area contributed by atoms with E-state index in [1.54, 1.807) is 0 Å². The normalized spacial score (nSPS) is 13.9. The highest BCUT2D eigenvalue weighted by atomic mass is 32.2. The Morgan fingerprint density at radius 2 is 1.95 bits per heavy atom. The lowest BCUT2D eigenvalue weighted by Gasteiger charge is -2.21. The molecule has 120 valence electrons. The number of aliphatic carboxylic acids is 1. The van der Waals surface area contributed by atoms with E-state index >= 15 is 0 Å². The average molecular weight is 308 g/mol. The third kappa shape index (κ3) is 8.50. The maximum Gasteiger partial charge on any atom is 0.303 e. The zero-order valence-electron chi connectivity index (χ0n) is 12.9. The maximum atomic E-state index is 12.0. The lowest BCUT2D eigenvalue weighted by Crippen LogP contribution is -2.41. The Morgan fingerprint density at radius 1 is 1.35 bits per heavy atom. The zero-order chi connectivity index (χ0) is 15.8. The summed E-state index contributed by atoms with van der Waals surface area (Å²) in [5.74, 6) is -0.738. The molecule has 0 rings (SSSR count). The second-order valence-electron chi connectivity index (χ2n) is 5.62. The molecule has 0 saturated heterocycles. The molecule has 0 unspecified atom stereocenters. The number of hydrogen-bond acceptors (Lipinski definition) is 3. The van der Waals surface area contributed by atoms with Crippen LogP contribution in [0, 0.1) is 11.8 Å². The summed E-state index contributed by atoms with van der Waals surface area (Å²) < 4.78 is 27.8. The number of carboxylic acids is 1. The van der Waals surface area contributed by atoms with Gasteiger partial charge in [-0.25, -0.2) is 4.72 Å². The largest absolute Gasteiger partial charge is 0.481 e. The SMILES string of the molecule is CCCCN(C)S(=O)(=O)NC[C@H](CC(=O)O)CC(C)C. The molecule has 0 heterocycles. The molecule has 0 saturated carbocycles. The molecule has 0 aliphatic carbocycles. The third-order valence-corrected chi connectivity index (χ3v) is 4.59. The van der Waals surface area contributed by atoms with Gasteiger partial charge in [-0.15, -0.1) is 0 Å². The quantitative estimate of drug-likeness (QED) is 0.608. The van der Waals surface area contributed by atoms with Crippen LogP contribution in [-0.4, -0.2) is 43.9 Å². The summed E-state index contributed by atoms with van der Waals surface area (Å²) in [4.78, 5) is 10.8. The fourth-order valence-electron chi connectivity index (χ4n) is 1.99. The van der Waals surface area contributed by atoms with E-state index in [1.807, 2.05) is 20.8 Å². The van der Waals surface area contributed by atoms with E-state index in [2.05, 4.69) is 4.72 Å². The van der Waals surface area contributed by atoms with Gasteiger partial charge in [-0.05, 0) is 24.7 Å². The van der Waals surface area contributed by atoms with Gasteiger partial charge in [-0.3, -0.25) is 4.79 Å². The highest BCUT2D eigenvalue weighted by Gasteiger charge is 2.21. The molecule has 0 fully saturated rings. The number of rotatable bonds is 11. The van der Waals surface area contributed by atoms with E-state index in [9.17, 15) is 13.2 Å². The molecule has 0 aromatic rings. The van der Waals surface area contributed by atoms with Gasteiger partial charge in [0.15, 0.2) is 0 Å². The Morgan fingerprint density at radius 3 is 2.40 bits per heavy atom. The summed E-state index contributed by atoms with van der Waals surface area (Å²) in [6, 6.07) is 0. The van der Waals surface area contributed by atoms with Crippen LogP contribution in [0.15, 0.2) is 0 Å². The first-order valence-electron chi connectivity index (χ1n) is 7.11. The first kappa shape index (κ1) is 19.3. The van der Waals surface area contributed by atoms with Crippen molar-refractivity contribution in [2.24, 2.45) is 11.8 Å². The Bertz CT molecular complexity index is 382. The van der Waals surface area contributed by atoms with Crippen molar-refractivity contribution < 1.29 is 18.3 Å². The van der Waals surface area contributed by atoms with Crippen molar-refractivity contribution in [1.29, 1.82) is 0 Å². The predicted molar refractivity (Wildman–Crippen MR) is 79.7 cm³/mol. The van der Waals surface area contributed by atoms with Gasteiger partial charge in [0.2, 0.25) is 0 Å². The van der Waals surface area contributed by atoms with E-state index in [0.717, 1.165) is 12.8 Å². The standard InChI is InChI=1S/C13H28N2O4S/c1-5-6-7-15(4)20(18,19)14-10-12(8-11(2)3)9-13(16)17/h11-12,14H,5-10H2,1-4H3,(H,16,17)/t12-/m0/s1. The number of hydrogen-bond donors (Lipinski definition) is 2. The molecule has 0 radical (unpaired) electrons. The fourth-order valence-corrected chi connectivity index (χ4v) is 3.02. The van der Waals surface area contributed by atoms with E-state index in [4.69, 9.17) is 5.11 Å². The van der Waals surface area contributed by atoms with Crippen molar-refractivity contribution >= 4 is 16.2 Å². The van der Waals surface area contributed by atoms with Crippen LogP contribution in [0.2, 0.25) is 0 Å². The van der Waals surface area contributed by atoms with Crippen LogP contribution in [0.3, 0.4) is 0 Å². The lowest BCUT2D eigenvalue weighted by molar-refractivity contribution is -0.138. The Kier molecular flexibility index (Phi) is 9.00. The molecule has 0 aromatic carbocycles. The number of unbranched alkanes of at least 4 members (excludes halogenated alkanes) is 1. The first-order chi connectivity index (χ1) is 9.19. The molecule has 0 spiro atoms. The van der Waals surface area contributed by atoms with E-state index in [0.29, 0.717) is 18.9 Å². The summed E-state index contributed by atoms with van der Waals surface area (Å²) in [6.45, 7) is 6.63. The van der Waals surface area contributed by atoms with E-state index in [-0.39, 0.29) is 18.9 Å². The number of nitrogens with zero attached hydrogens (tertiary/aromatic N) is 1. The number of carboxylic acid groups (broad SMARTS) is 1. The summed E-state index contributed by atoms with van der Waals surface area (Å²) in [7, 11) is -1.97. The van der Waals surface area contributed by atoms with Gasteiger partial charge in [0, 0.05) is 26.6 Å². The first-order valence-corrected chi connectivity index (χ1v) is 8.55. The molecule has 1 atom stereocenters.